The molecular weight excluding hydrogens is 292 g/mol. The van der Waals surface area contributed by atoms with Crippen LogP contribution >= 0.6 is 11.6 Å². The second-order valence-corrected chi connectivity index (χ2v) is 6.15. The Labute approximate surface area is 117 Å². The number of nitro groups is 1. The number of carbonyl (C=O) groups excluding carboxylic acids is 1. The molecule has 0 spiro atoms. The van der Waals surface area contributed by atoms with Crippen LogP contribution in [-0.2, 0) is 10.8 Å². The molecule has 0 heterocycles. The summed E-state index contributed by atoms with van der Waals surface area (Å²) in [5.74, 6) is -0.408. The number of amides is 1. The molecule has 0 aromatic heterocycles. The maximum Gasteiger partial charge on any atom is 0.287 e. The minimum Gasteiger partial charge on any atom is -0.351 e. The lowest BCUT2D eigenvalue weighted by Gasteiger charge is -2.10. The molecule has 19 heavy (non-hydrogen) atoms. The molecule has 1 amide bonds. The van der Waals surface area contributed by atoms with Crippen LogP contribution in [0.1, 0.15) is 17.3 Å². The molecule has 0 fully saturated rings. The molecule has 8 heteroatoms. The van der Waals surface area contributed by atoms with Crippen molar-refractivity contribution in [3.63, 3.8) is 0 Å². The minimum absolute atomic E-state index is 0.0928. The highest BCUT2D eigenvalue weighted by Gasteiger charge is 2.16. The Kier molecular flexibility index (Phi) is 5.44. The zero-order valence-corrected chi connectivity index (χ0v) is 12.0. The van der Waals surface area contributed by atoms with Crippen molar-refractivity contribution in [2.75, 3.05) is 12.8 Å². The Morgan fingerprint density at radius 3 is 2.68 bits per heavy atom. The van der Waals surface area contributed by atoms with E-state index in [1.54, 1.807) is 13.2 Å². The van der Waals surface area contributed by atoms with Crippen molar-refractivity contribution in [1.29, 1.82) is 0 Å². The summed E-state index contributed by atoms with van der Waals surface area (Å²) in [5.41, 5.74) is -0.0223. The number of hydrogen-bond acceptors (Lipinski definition) is 4. The maximum atomic E-state index is 11.8. The molecule has 0 aliphatic carbocycles. The lowest BCUT2D eigenvalue weighted by atomic mass is 10.2. The quantitative estimate of drug-likeness (QED) is 0.663. The molecule has 0 aliphatic heterocycles. The SMILES string of the molecule is C[C@@H](CNC(=O)c1ccc([N+](=O)[O-])c(Cl)c1)[S@@](C)=O. The molecule has 0 unspecified atom stereocenters. The van der Waals surface area contributed by atoms with E-state index in [0.717, 1.165) is 0 Å². The Bertz CT molecular complexity index is 535. The fraction of sp³-hybridized carbons (Fsp3) is 0.364. The molecule has 1 aromatic carbocycles. The van der Waals surface area contributed by atoms with Crippen molar-refractivity contribution < 1.29 is 13.9 Å². The van der Waals surface area contributed by atoms with Gasteiger partial charge in [0.25, 0.3) is 11.6 Å². The number of benzene rings is 1. The van der Waals surface area contributed by atoms with Gasteiger partial charge in [0, 0.05) is 40.5 Å². The fourth-order valence-electron chi connectivity index (χ4n) is 1.25. The first-order valence-electron chi connectivity index (χ1n) is 5.37. The van der Waals surface area contributed by atoms with Gasteiger partial charge in [-0.2, -0.15) is 0 Å². The summed E-state index contributed by atoms with van der Waals surface area (Å²) >= 11 is 5.71. The van der Waals surface area contributed by atoms with Crippen molar-refractivity contribution in [3.8, 4) is 0 Å². The van der Waals surface area contributed by atoms with Crippen LogP contribution in [0.2, 0.25) is 5.02 Å². The van der Waals surface area contributed by atoms with Crippen molar-refractivity contribution in [3.05, 3.63) is 38.9 Å². The number of nitrogens with one attached hydrogen (secondary N) is 1. The van der Waals surface area contributed by atoms with Crippen LogP contribution in [0.15, 0.2) is 18.2 Å². The van der Waals surface area contributed by atoms with Gasteiger partial charge in [0.2, 0.25) is 0 Å². The van der Waals surface area contributed by atoms with E-state index >= 15 is 0 Å². The average molecular weight is 305 g/mol. The molecule has 0 saturated carbocycles. The molecule has 1 N–H and O–H groups in total. The standard InChI is InChI=1S/C11H13ClN2O4S/c1-7(19(2)18)6-13-11(15)8-3-4-10(14(16)17)9(12)5-8/h3-5,7H,6H2,1-2H3,(H,13,15)/t7-,19+/m0/s1. The van der Waals surface area contributed by atoms with Crippen LogP contribution in [0.5, 0.6) is 0 Å². The zero-order valence-electron chi connectivity index (χ0n) is 10.4. The van der Waals surface area contributed by atoms with Crippen LogP contribution in [0, 0.1) is 10.1 Å². The average Bonchev–Trinajstić information content (AvgIpc) is 2.34. The number of nitrogens with zero attached hydrogens (tertiary/aromatic N) is 1. The number of rotatable bonds is 5. The molecular formula is C11H13ClN2O4S. The van der Waals surface area contributed by atoms with Crippen LogP contribution in [0.4, 0.5) is 5.69 Å². The van der Waals surface area contributed by atoms with E-state index in [1.807, 2.05) is 0 Å². The summed E-state index contributed by atoms with van der Waals surface area (Å²) in [5, 5.41) is 12.9. The number of hydrogen-bond donors (Lipinski definition) is 1. The summed E-state index contributed by atoms with van der Waals surface area (Å²) in [6.07, 6.45) is 1.56. The van der Waals surface area contributed by atoms with E-state index in [2.05, 4.69) is 5.32 Å². The third kappa shape index (κ3) is 4.29. The zero-order chi connectivity index (χ0) is 14.6. The van der Waals surface area contributed by atoms with E-state index in [9.17, 15) is 19.1 Å². The van der Waals surface area contributed by atoms with E-state index < -0.39 is 21.6 Å². The van der Waals surface area contributed by atoms with Gasteiger partial charge in [-0.15, -0.1) is 0 Å². The first-order valence-corrected chi connectivity index (χ1v) is 7.37. The lowest BCUT2D eigenvalue weighted by molar-refractivity contribution is -0.384. The summed E-state index contributed by atoms with van der Waals surface area (Å²) in [4.78, 5) is 21.7. The van der Waals surface area contributed by atoms with Gasteiger partial charge in [0.1, 0.15) is 5.02 Å². The van der Waals surface area contributed by atoms with Gasteiger partial charge in [-0.3, -0.25) is 19.1 Å². The van der Waals surface area contributed by atoms with E-state index in [-0.39, 0.29) is 28.1 Å². The second-order valence-electron chi connectivity index (χ2n) is 3.94. The van der Waals surface area contributed by atoms with Crippen molar-refractivity contribution in [2.45, 2.75) is 12.2 Å². The van der Waals surface area contributed by atoms with Gasteiger partial charge in [0.15, 0.2) is 0 Å². The van der Waals surface area contributed by atoms with Crippen LogP contribution in [-0.4, -0.2) is 33.1 Å². The van der Waals surface area contributed by atoms with Gasteiger partial charge >= 0.3 is 0 Å². The molecule has 0 radical (unpaired) electrons. The highest BCUT2D eigenvalue weighted by molar-refractivity contribution is 7.84. The Morgan fingerprint density at radius 1 is 1.58 bits per heavy atom. The van der Waals surface area contributed by atoms with Gasteiger partial charge in [0.05, 0.1) is 4.92 Å². The fourth-order valence-corrected chi connectivity index (χ4v) is 1.82. The predicted octanol–water partition coefficient (Wildman–Crippen LogP) is 1.75. The first kappa shape index (κ1) is 15.6. The molecule has 6 nitrogen and oxygen atoms in total. The summed E-state index contributed by atoms with van der Waals surface area (Å²) < 4.78 is 11.1. The topological polar surface area (TPSA) is 89.3 Å². The van der Waals surface area contributed by atoms with Crippen LogP contribution in [0.3, 0.4) is 0 Å². The third-order valence-corrected chi connectivity index (χ3v) is 4.13. The van der Waals surface area contributed by atoms with Gasteiger partial charge in [-0.1, -0.05) is 11.6 Å². The monoisotopic (exact) mass is 304 g/mol. The third-order valence-electron chi connectivity index (χ3n) is 2.52. The summed E-state index contributed by atoms with van der Waals surface area (Å²) in [6.45, 7) is 2.01. The predicted molar refractivity (Wildman–Crippen MR) is 74.0 cm³/mol. The van der Waals surface area contributed by atoms with Crippen molar-refractivity contribution >= 4 is 34.0 Å². The van der Waals surface area contributed by atoms with Gasteiger partial charge in [-0.25, -0.2) is 0 Å². The Balaban J connectivity index is 2.76. The Morgan fingerprint density at radius 2 is 2.21 bits per heavy atom. The minimum atomic E-state index is -1.03. The molecule has 104 valence electrons. The highest BCUT2D eigenvalue weighted by Crippen LogP contribution is 2.24. The van der Waals surface area contributed by atoms with E-state index in [4.69, 9.17) is 11.6 Å². The summed E-state index contributed by atoms with van der Waals surface area (Å²) in [7, 11) is -1.03. The van der Waals surface area contributed by atoms with E-state index in [1.165, 1.54) is 18.2 Å². The molecule has 0 saturated heterocycles. The van der Waals surface area contributed by atoms with Gasteiger partial charge < -0.3 is 5.32 Å². The number of halogens is 1. The summed E-state index contributed by atoms with van der Waals surface area (Å²) in [6, 6.07) is 3.74. The molecule has 0 aliphatic rings. The maximum absolute atomic E-state index is 11.8. The smallest absolute Gasteiger partial charge is 0.287 e. The van der Waals surface area contributed by atoms with Crippen molar-refractivity contribution in [2.24, 2.45) is 0 Å². The van der Waals surface area contributed by atoms with E-state index in [0.29, 0.717) is 0 Å². The molecule has 1 aromatic rings. The second kappa shape index (κ2) is 6.63. The van der Waals surface area contributed by atoms with Gasteiger partial charge in [-0.05, 0) is 19.1 Å². The lowest BCUT2D eigenvalue weighted by Crippen LogP contribution is -2.32. The van der Waals surface area contributed by atoms with Crippen molar-refractivity contribution in [1.82, 2.24) is 5.32 Å². The highest BCUT2D eigenvalue weighted by atomic mass is 35.5. The first-order chi connectivity index (χ1) is 8.82. The molecule has 1 rings (SSSR count). The largest absolute Gasteiger partial charge is 0.351 e. The Hall–Kier alpha value is -1.47. The molecule has 0 bridgehead atoms. The van der Waals surface area contributed by atoms with Crippen LogP contribution < -0.4 is 5.32 Å². The van der Waals surface area contributed by atoms with Crippen LogP contribution in [0.25, 0.3) is 0 Å². The number of carbonyl (C=O) groups is 1. The normalized spacial score (nSPS) is 13.6. The molecule has 2 atom stereocenters. The number of nitro benzene ring substituents is 1.